The number of hydrogen-bond acceptors (Lipinski definition) is 6. The molecule has 0 bridgehead atoms. The number of carbonyl (C=O) groups is 1. The van der Waals surface area contributed by atoms with E-state index in [2.05, 4.69) is 41.0 Å². The molecule has 0 spiro atoms. The first-order valence-corrected chi connectivity index (χ1v) is 12.3. The van der Waals surface area contributed by atoms with Crippen LogP contribution in [0.1, 0.15) is 61.0 Å². The first-order valence-electron chi connectivity index (χ1n) is 12.3. The Labute approximate surface area is 202 Å². The maximum atomic E-state index is 13.6. The van der Waals surface area contributed by atoms with Gasteiger partial charge in [-0.05, 0) is 68.5 Å². The summed E-state index contributed by atoms with van der Waals surface area (Å²) in [5, 5.41) is 9.87. The molecule has 0 fully saturated rings. The molecule has 34 heavy (non-hydrogen) atoms. The van der Waals surface area contributed by atoms with Crippen molar-refractivity contribution in [1.82, 2.24) is 19.8 Å². The number of nitrogens with zero attached hydrogens (tertiary/aromatic N) is 4. The lowest BCUT2D eigenvalue weighted by molar-refractivity contribution is 0.0325. The molecule has 7 heteroatoms. The number of fused-ring (bicyclic) bond motifs is 1. The highest BCUT2D eigenvalue weighted by molar-refractivity contribution is 5.97. The van der Waals surface area contributed by atoms with E-state index in [1.807, 2.05) is 31.5 Å². The largest absolute Gasteiger partial charge is 0.472 e. The van der Waals surface area contributed by atoms with Crippen LogP contribution in [0.4, 0.5) is 0 Å². The zero-order valence-electron chi connectivity index (χ0n) is 20.5. The van der Waals surface area contributed by atoms with Gasteiger partial charge >= 0.3 is 0 Å². The minimum absolute atomic E-state index is 0.0602. The molecular formula is C27H36N4O3. The molecular weight excluding hydrogens is 428 g/mol. The van der Waals surface area contributed by atoms with Gasteiger partial charge in [0.2, 0.25) is 5.88 Å². The molecule has 2 aliphatic rings. The van der Waals surface area contributed by atoms with Crippen molar-refractivity contribution in [3.05, 3.63) is 59.6 Å². The summed E-state index contributed by atoms with van der Waals surface area (Å²) in [5.41, 5.74) is 3.86. The lowest BCUT2D eigenvalue weighted by Gasteiger charge is -2.37. The van der Waals surface area contributed by atoms with E-state index in [-0.39, 0.29) is 30.6 Å². The highest BCUT2D eigenvalue weighted by Gasteiger charge is 2.34. The minimum atomic E-state index is -0.285. The summed E-state index contributed by atoms with van der Waals surface area (Å²) in [4.78, 5) is 26.4. The fourth-order valence-corrected chi connectivity index (χ4v) is 4.77. The number of amides is 1. The fourth-order valence-electron chi connectivity index (χ4n) is 4.77. The minimum Gasteiger partial charge on any atom is -0.472 e. The third-order valence-corrected chi connectivity index (χ3v) is 6.85. The van der Waals surface area contributed by atoms with Crippen molar-refractivity contribution < 1.29 is 14.6 Å². The first kappa shape index (κ1) is 24.4. The Bertz CT molecular complexity index is 1010. The van der Waals surface area contributed by atoms with Gasteiger partial charge < -0.3 is 14.7 Å². The molecule has 1 aliphatic carbocycles. The van der Waals surface area contributed by atoms with E-state index in [0.717, 1.165) is 36.9 Å². The number of aliphatic hydroxyl groups excluding tert-OH is 1. The maximum Gasteiger partial charge on any atom is 0.259 e. The van der Waals surface area contributed by atoms with Crippen LogP contribution in [0.2, 0.25) is 0 Å². The molecule has 1 aliphatic heterocycles. The Morgan fingerprint density at radius 2 is 2.18 bits per heavy atom. The van der Waals surface area contributed by atoms with Crippen LogP contribution in [0, 0.1) is 5.92 Å². The molecule has 2 aromatic heterocycles. The number of likely N-dealkylation sites (N-methyl/N-ethyl adjacent to an activating group) is 1. The summed E-state index contributed by atoms with van der Waals surface area (Å²) in [7, 11) is 2.06. The summed E-state index contributed by atoms with van der Waals surface area (Å²) in [5.74, 6) is 0.313. The van der Waals surface area contributed by atoms with Gasteiger partial charge in [0.1, 0.15) is 11.7 Å². The van der Waals surface area contributed by atoms with Crippen LogP contribution in [-0.2, 0) is 6.54 Å². The summed E-state index contributed by atoms with van der Waals surface area (Å²) in [6.45, 7) is 5.84. The van der Waals surface area contributed by atoms with Crippen LogP contribution >= 0.6 is 0 Å². The van der Waals surface area contributed by atoms with Gasteiger partial charge in [-0.1, -0.05) is 19.1 Å². The maximum absolute atomic E-state index is 13.6. The van der Waals surface area contributed by atoms with Crippen molar-refractivity contribution in [3.8, 4) is 5.88 Å². The predicted octanol–water partition coefficient (Wildman–Crippen LogP) is 3.79. The van der Waals surface area contributed by atoms with Crippen molar-refractivity contribution in [3.63, 3.8) is 0 Å². The second-order valence-electron chi connectivity index (χ2n) is 9.73. The number of aromatic nitrogens is 2. The molecule has 3 heterocycles. The van der Waals surface area contributed by atoms with Crippen LogP contribution in [0.25, 0.3) is 5.57 Å². The monoisotopic (exact) mass is 464 g/mol. The van der Waals surface area contributed by atoms with Crippen LogP contribution in [0.5, 0.6) is 5.88 Å². The average Bonchev–Trinajstić information content (AvgIpc) is 2.86. The summed E-state index contributed by atoms with van der Waals surface area (Å²) in [6.07, 6.45) is 12.0. The van der Waals surface area contributed by atoms with Crippen molar-refractivity contribution in [2.24, 2.45) is 5.92 Å². The van der Waals surface area contributed by atoms with Gasteiger partial charge in [-0.3, -0.25) is 14.7 Å². The zero-order chi connectivity index (χ0) is 24.1. The normalized spacial score (nSPS) is 21.9. The van der Waals surface area contributed by atoms with E-state index in [0.29, 0.717) is 24.5 Å². The van der Waals surface area contributed by atoms with Gasteiger partial charge in [-0.25, -0.2) is 4.98 Å². The molecule has 4 rings (SSSR count). The lowest BCUT2D eigenvalue weighted by Crippen LogP contribution is -2.49. The Kier molecular flexibility index (Phi) is 7.95. The molecule has 1 N–H and O–H groups in total. The Hall–Kier alpha value is -2.77. The number of hydrogen-bond donors (Lipinski definition) is 1. The highest BCUT2D eigenvalue weighted by Crippen LogP contribution is 2.32. The average molecular weight is 465 g/mol. The van der Waals surface area contributed by atoms with Crippen LogP contribution in [0.3, 0.4) is 0 Å². The second-order valence-corrected chi connectivity index (χ2v) is 9.73. The fraction of sp³-hybridized carbons (Fsp3) is 0.519. The van der Waals surface area contributed by atoms with Gasteiger partial charge in [-0.2, -0.15) is 0 Å². The molecule has 0 aromatic carbocycles. The third kappa shape index (κ3) is 5.65. The zero-order valence-corrected chi connectivity index (χ0v) is 20.5. The lowest BCUT2D eigenvalue weighted by atomic mass is 9.93. The van der Waals surface area contributed by atoms with Gasteiger partial charge in [0.25, 0.3) is 5.91 Å². The molecule has 0 saturated carbocycles. The van der Waals surface area contributed by atoms with Crippen molar-refractivity contribution in [1.29, 1.82) is 0 Å². The standard InChI is InChI=1S/C27H36N4O3/c1-19-15-31(20(2)18-32)27(33)24-12-23(22-9-5-4-6-10-22)14-29-26(24)34-25(19)17-30(3)16-21-8-7-11-28-13-21/h7-9,11-14,19-20,25,32H,4-6,10,15-18H2,1-3H3/t19-,20+,25-/m1/s1. The Balaban J connectivity index is 1.63. The molecule has 0 unspecified atom stereocenters. The van der Waals surface area contributed by atoms with E-state index >= 15 is 0 Å². The summed E-state index contributed by atoms with van der Waals surface area (Å²) < 4.78 is 6.43. The Morgan fingerprint density at radius 3 is 2.88 bits per heavy atom. The molecule has 182 valence electrons. The number of pyridine rings is 2. The Morgan fingerprint density at radius 1 is 1.32 bits per heavy atom. The third-order valence-electron chi connectivity index (χ3n) is 6.85. The molecule has 0 saturated heterocycles. The van der Waals surface area contributed by atoms with Gasteiger partial charge in [0, 0.05) is 44.1 Å². The van der Waals surface area contributed by atoms with Gasteiger partial charge in [-0.15, -0.1) is 0 Å². The summed E-state index contributed by atoms with van der Waals surface area (Å²) in [6, 6.07) is 5.66. The van der Waals surface area contributed by atoms with Gasteiger partial charge in [0.05, 0.1) is 12.6 Å². The quantitative estimate of drug-likeness (QED) is 0.672. The van der Waals surface area contributed by atoms with Crippen molar-refractivity contribution >= 4 is 11.5 Å². The second kappa shape index (κ2) is 11.1. The first-order chi connectivity index (χ1) is 16.5. The number of ether oxygens (including phenoxy) is 1. The van der Waals surface area contributed by atoms with E-state index < -0.39 is 0 Å². The molecule has 2 aromatic rings. The van der Waals surface area contributed by atoms with Gasteiger partial charge in [0.15, 0.2) is 0 Å². The topological polar surface area (TPSA) is 78.8 Å². The molecule has 3 atom stereocenters. The number of carbonyl (C=O) groups excluding carboxylic acids is 1. The SMILES string of the molecule is C[C@@H]1CN([C@@H](C)CO)C(=O)c2cc(C3=CCCCC3)cnc2O[C@@H]1CN(C)Cc1cccnc1. The summed E-state index contributed by atoms with van der Waals surface area (Å²) >= 11 is 0. The van der Waals surface area contributed by atoms with Crippen LogP contribution < -0.4 is 4.74 Å². The molecule has 0 radical (unpaired) electrons. The molecule has 7 nitrogen and oxygen atoms in total. The number of allylic oxidation sites excluding steroid dienone is 2. The highest BCUT2D eigenvalue weighted by atomic mass is 16.5. The number of rotatable bonds is 7. The number of aliphatic hydroxyl groups is 1. The smallest absolute Gasteiger partial charge is 0.259 e. The van der Waals surface area contributed by atoms with E-state index in [9.17, 15) is 9.90 Å². The van der Waals surface area contributed by atoms with Crippen molar-refractivity contribution in [2.75, 3.05) is 26.7 Å². The van der Waals surface area contributed by atoms with Crippen LogP contribution in [0.15, 0.2) is 42.9 Å². The molecule has 1 amide bonds. The predicted molar refractivity (Wildman–Crippen MR) is 132 cm³/mol. The van der Waals surface area contributed by atoms with E-state index in [4.69, 9.17) is 4.74 Å². The van der Waals surface area contributed by atoms with Crippen molar-refractivity contribution in [2.45, 2.75) is 58.2 Å². The van der Waals surface area contributed by atoms with Crippen LogP contribution in [-0.4, -0.2) is 69.7 Å². The van der Waals surface area contributed by atoms with E-state index in [1.54, 1.807) is 11.1 Å². The van der Waals surface area contributed by atoms with E-state index in [1.165, 1.54) is 12.0 Å².